The number of aliphatic hydroxyl groups excluding tert-OH is 1. The third-order valence-corrected chi connectivity index (χ3v) is 3.99. The number of aryl methyl sites for hydroxylation is 1. The lowest BCUT2D eigenvalue weighted by Crippen LogP contribution is -2.19. The molecule has 1 aromatic rings. The van der Waals surface area contributed by atoms with Gasteiger partial charge in [0.1, 0.15) is 0 Å². The van der Waals surface area contributed by atoms with Crippen LogP contribution in [0.25, 0.3) is 0 Å². The molecule has 1 atom stereocenters. The van der Waals surface area contributed by atoms with Crippen molar-refractivity contribution in [2.45, 2.75) is 38.7 Å². The van der Waals surface area contributed by atoms with Crippen molar-refractivity contribution in [2.24, 2.45) is 5.41 Å². The topological polar surface area (TPSA) is 38.7 Å². The van der Waals surface area contributed by atoms with Crippen molar-refractivity contribution in [3.63, 3.8) is 0 Å². The summed E-state index contributed by atoms with van der Waals surface area (Å²) in [5.41, 5.74) is 1.40. The van der Waals surface area contributed by atoms with Crippen molar-refractivity contribution in [1.82, 2.24) is 0 Å². The molecule has 0 bridgehead atoms. The van der Waals surface area contributed by atoms with Gasteiger partial charge in [0.05, 0.1) is 6.10 Å². The number of aliphatic hydroxyl groups is 1. The minimum absolute atomic E-state index is 0.173. The van der Waals surface area contributed by atoms with Gasteiger partial charge in [-0.05, 0) is 48.8 Å². The molecule has 1 saturated carbocycles. The van der Waals surface area contributed by atoms with Gasteiger partial charge in [0.2, 0.25) is 6.79 Å². The maximum Gasteiger partial charge on any atom is 0.231 e. The van der Waals surface area contributed by atoms with Crippen molar-refractivity contribution in [3.05, 3.63) is 23.8 Å². The first-order chi connectivity index (χ1) is 8.17. The number of benzene rings is 1. The molecule has 0 aromatic heterocycles. The summed E-state index contributed by atoms with van der Waals surface area (Å²) in [5, 5.41) is 10.0. The standard InChI is InChI=1S/C14H18O3/c1-14(6-7-14)13(15)5-3-10-2-4-11-12(8-10)17-9-16-11/h2,4,8,13,15H,3,5-7,9H2,1H3. The van der Waals surface area contributed by atoms with Crippen LogP contribution in [0.2, 0.25) is 0 Å². The summed E-state index contributed by atoms with van der Waals surface area (Å²) in [7, 11) is 0. The molecular formula is C14H18O3. The van der Waals surface area contributed by atoms with Gasteiger partial charge in [0, 0.05) is 0 Å². The summed E-state index contributed by atoms with van der Waals surface area (Å²) in [4.78, 5) is 0. The number of hydrogen-bond donors (Lipinski definition) is 1. The summed E-state index contributed by atoms with van der Waals surface area (Å²) in [5.74, 6) is 1.65. The molecule has 0 radical (unpaired) electrons. The van der Waals surface area contributed by atoms with Crippen LogP contribution in [-0.4, -0.2) is 18.0 Å². The summed E-state index contributed by atoms with van der Waals surface area (Å²) < 4.78 is 10.6. The molecule has 3 nitrogen and oxygen atoms in total. The molecular weight excluding hydrogens is 216 g/mol. The van der Waals surface area contributed by atoms with Gasteiger partial charge in [0.25, 0.3) is 0 Å². The van der Waals surface area contributed by atoms with E-state index < -0.39 is 0 Å². The highest BCUT2D eigenvalue weighted by atomic mass is 16.7. The van der Waals surface area contributed by atoms with Crippen LogP contribution >= 0.6 is 0 Å². The smallest absolute Gasteiger partial charge is 0.231 e. The molecule has 1 aliphatic heterocycles. The van der Waals surface area contributed by atoms with Crippen molar-refractivity contribution < 1.29 is 14.6 Å². The molecule has 1 fully saturated rings. The highest BCUT2D eigenvalue weighted by Gasteiger charge is 2.43. The third kappa shape index (κ3) is 2.12. The molecule has 1 N–H and O–H groups in total. The molecule has 3 heteroatoms. The second kappa shape index (κ2) is 3.91. The fourth-order valence-corrected chi connectivity index (χ4v) is 2.28. The molecule has 2 aliphatic rings. The lowest BCUT2D eigenvalue weighted by atomic mass is 9.95. The van der Waals surface area contributed by atoms with Crippen LogP contribution in [0.5, 0.6) is 11.5 Å². The fraction of sp³-hybridized carbons (Fsp3) is 0.571. The second-order valence-corrected chi connectivity index (χ2v) is 5.40. The van der Waals surface area contributed by atoms with E-state index in [1.165, 1.54) is 5.56 Å². The molecule has 1 aromatic carbocycles. The second-order valence-electron chi connectivity index (χ2n) is 5.40. The highest BCUT2D eigenvalue weighted by Crippen LogP contribution is 2.49. The fourth-order valence-electron chi connectivity index (χ4n) is 2.28. The third-order valence-electron chi connectivity index (χ3n) is 3.99. The molecule has 1 unspecified atom stereocenters. The van der Waals surface area contributed by atoms with E-state index >= 15 is 0 Å². The van der Waals surface area contributed by atoms with Crippen molar-refractivity contribution >= 4 is 0 Å². The normalized spacial score (nSPS) is 21.3. The zero-order chi connectivity index (χ0) is 11.9. The Morgan fingerprint density at radius 2 is 2.06 bits per heavy atom. The predicted octanol–water partition coefficient (Wildman–Crippen LogP) is 2.51. The van der Waals surface area contributed by atoms with E-state index in [4.69, 9.17) is 9.47 Å². The van der Waals surface area contributed by atoms with Crippen LogP contribution in [0.1, 0.15) is 31.7 Å². The van der Waals surface area contributed by atoms with Gasteiger partial charge < -0.3 is 14.6 Å². The lowest BCUT2D eigenvalue weighted by molar-refractivity contribution is 0.0945. The van der Waals surface area contributed by atoms with Crippen LogP contribution in [-0.2, 0) is 6.42 Å². The number of hydrogen-bond acceptors (Lipinski definition) is 3. The zero-order valence-electron chi connectivity index (χ0n) is 10.1. The Hall–Kier alpha value is -1.22. The Balaban J connectivity index is 1.61. The van der Waals surface area contributed by atoms with Crippen molar-refractivity contribution in [1.29, 1.82) is 0 Å². The van der Waals surface area contributed by atoms with E-state index in [-0.39, 0.29) is 11.5 Å². The molecule has 92 valence electrons. The molecule has 1 aliphatic carbocycles. The summed E-state index contributed by atoms with van der Waals surface area (Å²) >= 11 is 0. The first-order valence-corrected chi connectivity index (χ1v) is 6.24. The van der Waals surface area contributed by atoms with Gasteiger partial charge in [-0.2, -0.15) is 0 Å². The van der Waals surface area contributed by atoms with Gasteiger partial charge >= 0.3 is 0 Å². The molecule has 0 amide bonds. The van der Waals surface area contributed by atoms with Gasteiger partial charge in [-0.25, -0.2) is 0 Å². The van der Waals surface area contributed by atoms with Crippen LogP contribution in [0.15, 0.2) is 18.2 Å². The molecule has 17 heavy (non-hydrogen) atoms. The molecule has 0 spiro atoms. The SMILES string of the molecule is CC1(C(O)CCc2ccc3c(c2)OCO3)CC1. The Morgan fingerprint density at radius 1 is 1.29 bits per heavy atom. The first kappa shape index (κ1) is 10.9. The van der Waals surface area contributed by atoms with Crippen LogP contribution in [0.4, 0.5) is 0 Å². The van der Waals surface area contributed by atoms with Crippen LogP contribution < -0.4 is 9.47 Å². The maximum absolute atomic E-state index is 10.0. The maximum atomic E-state index is 10.0. The number of fused-ring (bicyclic) bond motifs is 1. The van der Waals surface area contributed by atoms with Gasteiger partial charge in [-0.15, -0.1) is 0 Å². The van der Waals surface area contributed by atoms with Crippen molar-refractivity contribution in [3.8, 4) is 11.5 Å². The van der Waals surface area contributed by atoms with E-state index in [9.17, 15) is 5.11 Å². The first-order valence-electron chi connectivity index (χ1n) is 6.24. The quantitative estimate of drug-likeness (QED) is 0.870. The molecule has 0 saturated heterocycles. The number of rotatable bonds is 4. The summed E-state index contributed by atoms with van der Waals surface area (Å²) in [6.07, 6.45) is 3.88. The average Bonchev–Trinajstić information content (AvgIpc) is 2.93. The summed E-state index contributed by atoms with van der Waals surface area (Å²) in [6, 6.07) is 6.02. The Bertz CT molecular complexity index is 423. The predicted molar refractivity (Wildman–Crippen MR) is 64.2 cm³/mol. The van der Waals surface area contributed by atoms with E-state index in [0.29, 0.717) is 6.79 Å². The van der Waals surface area contributed by atoms with Gasteiger partial charge in [-0.1, -0.05) is 13.0 Å². The summed E-state index contributed by atoms with van der Waals surface area (Å²) in [6.45, 7) is 2.48. The number of ether oxygens (including phenoxy) is 2. The minimum Gasteiger partial charge on any atom is -0.454 e. The van der Waals surface area contributed by atoms with Crippen LogP contribution in [0.3, 0.4) is 0 Å². The Morgan fingerprint density at radius 3 is 2.82 bits per heavy atom. The van der Waals surface area contributed by atoms with Gasteiger partial charge in [0.15, 0.2) is 11.5 Å². The highest BCUT2D eigenvalue weighted by molar-refractivity contribution is 5.44. The monoisotopic (exact) mass is 234 g/mol. The van der Waals surface area contributed by atoms with E-state index in [2.05, 4.69) is 13.0 Å². The van der Waals surface area contributed by atoms with Gasteiger partial charge in [-0.3, -0.25) is 0 Å². The largest absolute Gasteiger partial charge is 0.454 e. The average molecular weight is 234 g/mol. The Kier molecular flexibility index (Phi) is 2.51. The van der Waals surface area contributed by atoms with Crippen LogP contribution in [0, 0.1) is 5.41 Å². The van der Waals surface area contributed by atoms with E-state index in [1.54, 1.807) is 0 Å². The van der Waals surface area contributed by atoms with E-state index in [0.717, 1.165) is 37.2 Å². The molecule has 3 rings (SSSR count). The minimum atomic E-state index is -0.173. The molecule has 1 heterocycles. The Labute approximate surface area is 101 Å². The van der Waals surface area contributed by atoms with E-state index in [1.807, 2.05) is 12.1 Å². The lowest BCUT2D eigenvalue weighted by Gasteiger charge is -2.17. The zero-order valence-corrected chi connectivity index (χ0v) is 10.1. The van der Waals surface area contributed by atoms with Crippen molar-refractivity contribution in [2.75, 3.05) is 6.79 Å².